The maximum atomic E-state index is 9.43. The Bertz CT molecular complexity index is 593. The summed E-state index contributed by atoms with van der Waals surface area (Å²) in [6, 6.07) is 2.11. The molecule has 0 radical (unpaired) electrons. The highest BCUT2D eigenvalue weighted by atomic mass is 16.3. The van der Waals surface area contributed by atoms with Gasteiger partial charge in [0.05, 0.1) is 0 Å². The summed E-state index contributed by atoms with van der Waals surface area (Å²) in [5.74, 6) is 2.36. The number of aromatic nitrogens is 2. The zero-order valence-electron chi connectivity index (χ0n) is 15.2. The Morgan fingerprint density at radius 1 is 1.17 bits per heavy atom. The van der Waals surface area contributed by atoms with Gasteiger partial charge in [-0.1, -0.05) is 32.4 Å². The van der Waals surface area contributed by atoms with Crippen LogP contribution in [-0.4, -0.2) is 47.9 Å². The van der Waals surface area contributed by atoms with E-state index in [0.29, 0.717) is 5.92 Å². The van der Waals surface area contributed by atoms with E-state index in [9.17, 15) is 5.11 Å². The highest BCUT2D eigenvalue weighted by Crippen LogP contribution is 2.31. The van der Waals surface area contributed by atoms with Crippen LogP contribution in [0.5, 0.6) is 0 Å². The molecule has 1 atom stereocenters. The van der Waals surface area contributed by atoms with Gasteiger partial charge in [0.2, 0.25) is 0 Å². The molecule has 3 heterocycles. The lowest BCUT2D eigenvalue weighted by atomic mass is 9.83. The van der Waals surface area contributed by atoms with Crippen LogP contribution in [0.1, 0.15) is 40.0 Å². The average Bonchev–Trinajstić information content (AvgIpc) is 2.61. The maximum absolute atomic E-state index is 9.43. The molecule has 2 aliphatic rings. The zero-order chi connectivity index (χ0) is 17.2. The molecule has 1 aromatic rings. The van der Waals surface area contributed by atoms with Gasteiger partial charge in [-0.2, -0.15) is 0 Å². The summed E-state index contributed by atoms with van der Waals surface area (Å²) in [4.78, 5) is 13.6. The maximum Gasteiger partial charge on any atom is 0.134 e. The second-order valence-corrected chi connectivity index (χ2v) is 8.05. The van der Waals surface area contributed by atoms with Crippen molar-refractivity contribution >= 4 is 11.6 Å². The summed E-state index contributed by atoms with van der Waals surface area (Å²) in [5.41, 5.74) is 1.80. The van der Waals surface area contributed by atoms with Gasteiger partial charge in [-0.3, -0.25) is 0 Å². The molecule has 5 nitrogen and oxygen atoms in total. The minimum Gasteiger partial charge on any atom is -0.396 e. The third-order valence-corrected chi connectivity index (χ3v) is 5.24. The Balaban J connectivity index is 1.71. The number of anilines is 2. The van der Waals surface area contributed by atoms with Crippen LogP contribution in [-0.2, 0) is 0 Å². The number of aliphatic hydroxyl groups is 1. The summed E-state index contributed by atoms with van der Waals surface area (Å²) in [7, 11) is 0. The number of nitrogens with zero attached hydrogens (tertiary/aromatic N) is 4. The molecular weight excluding hydrogens is 300 g/mol. The Kier molecular flexibility index (Phi) is 5.09. The van der Waals surface area contributed by atoms with Crippen LogP contribution in [0.15, 0.2) is 24.0 Å². The highest BCUT2D eigenvalue weighted by Gasteiger charge is 2.24. The van der Waals surface area contributed by atoms with Gasteiger partial charge in [-0.15, -0.1) is 0 Å². The van der Waals surface area contributed by atoms with Crippen molar-refractivity contribution in [2.45, 2.75) is 40.0 Å². The Morgan fingerprint density at radius 3 is 2.54 bits per heavy atom. The van der Waals surface area contributed by atoms with E-state index in [-0.39, 0.29) is 12.0 Å². The lowest BCUT2D eigenvalue weighted by molar-refractivity contribution is 0.208. The first-order valence-corrected chi connectivity index (χ1v) is 9.09. The number of hydrogen-bond acceptors (Lipinski definition) is 5. The number of piperidine rings is 1. The molecule has 132 valence electrons. The van der Waals surface area contributed by atoms with Gasteiger partial charge < -0.3 is 14.9 Å². The van der Waals surface area contributed by atoms with E-state index in [1.807, 2.05) is 0 Å². The largest absolute Gasteiger partial charge is 0.396 e. The molecule has 0 amide bonds. The first-order valence-electron chi connectivity index (χ1n) is 9.09. The fraction of sp³-hybridized carbons (Fsp3) is 0.684. The van der Waals surface area contributed by atoms with Crippen LogP contribution in [0.4, 0.5) is 11.6 Å². The van der Waals surface area contributed by atoms with E-state index < -0.39 is 0 Å². The molecule has 1 saturated heterocycles. The van der Waals surface area contributed by atoms with Crippen LogP contribution in [0.3, 0.4) is 0 Å². The van der Waals surface area contributed by atoms with E-state index in [0.717, 1.165) is 57.1 Å². The predicted octanol–water partition coefficient (Wildman–Crippen LogP) is 2.87. The van der Waals surface area contributed by atoms with Gasteiger partial charge in [-0.25, -0.2) is 9.97 Å². The summed E-state index contributed by atoms with van der Waals surface area (Å²) >= 11 is 0. The topological polar surface area (TPSA) is 52.5 Å². The molecule has 3 rings (SSSR count). The van der Waals surface area contributed by atoms with E-state index >= 15 is 0 Å². The molecule has 1 fully saturated rings. The van der Waals surface area contributed by atoms with Gasteiger partial charge in [0, 0.05) is 38.9 Å². The van der Waals surface area contributed by atoms with Crippen molar-refractivity contribution in [2.75, 3.05) is 42.6 Å². The molecule has 2 aliphatic heterocycles. The van der Waals surface area contributed by atoms with Crippen LogP contribution < -0.4 is 9.80 Å². The van der Waals surface area contributed by atoms with Crippen LogP contribution >= 0.6 is 0 Å². The number of hydrogen-bond donors (Lipinski definition) is 1. The van der Waals surface area contributed by atoms with Crippen LogP contribution in [0.2, 0.25) is 0 Å². The first kappa shape index (κ1) is 17.2. The SMILES string of the molecule is CC(C)(C)C1=CCN(c2cc(N3CCCC(CO)C3)ncn2)CC1. The molecule has 1 unspecified atom stereocenters. The van der Waals surface area contributed by atoms with E-state index in [4.69, 9.17) is 0 Å². The average molecular weight is 330 g/mol. The lowest BCUT2D eigenvalue weighted by Gasteiger charge is -2.34. The Hall–Kier alpha value is -1.62. The number of aliphatic hydroxyl groups excluding tert-OH is 1. The van der Waals surface area contributed by atoms with Crippen molar-refractivity contribution in [3.8, 4) is 0 Å². The van der Waals surface area contributed by atoms with Crippen molar-refractivity contribution < 1.29 is 5.11 Å². The fourth-order valence-electron chi connectivity index (χ4n) is 3.66. The van der Waals surface area contributed by atoms with Gasteiger partial charge in [-0.05, 0) is 30.6 Å². The van der Waals surface area contributed by atoms with E-state index in [2.05, 4.69) is 52.7 Å². The lowest BCUT2D eigenvalue weighted by Crippen LogP contribution is -2.37. The molecule has 0 aliphatic carbocycles. The molecule has 0 bridgehead atoms. The predicted molar refractivity (Wildman–Crippen MR) is 98.4 cm³/mol. The smallest absolute Gasteiger partial charge is 0.134 e. The minimum atomic E-state index is 0.260. The summed E-state index contributed by atoms with van der Waals surface area (Å²) < 4.78 is 0. The van der Waals surface area contributed by atoms with Gasteiger partial charge in [0.15, 0.2) is 0 Å². The Labute approximate surface area is 145 Å². The van der Waals surface area contributed by atoms with Crippen molar-refractivity contribution in [2.24, 2.45) is 11.3 Å². The summed E-state index contributed by atoms with van der Waals surface area (Å²) in [6.45, 7) is 11.0. The van der Waals surface area contributed by atoms with Gasteiger partial charge >= 0.3 is 0 Å². The summed E-state index contributed by atoms with van der Waals surface area (Å²) in [5, 5.41) is 9.43. The second-order valence-electron chi connectivity index (χ2n) is 8.05. The fourth-order valence-corrected chi connectivity index (χ4v) is 3.66. The zero-order valence-corrected chi connectivity index (χ0v) is 15.2. The van der Waals surface area contributed by atoms with Crippen LogP contribution in [0, 0.1) is 11.3 Å². The normalized spacial score (nSPS) is 22.5. The van der Waals surface area contributed by atoms with Gasteiger partial charge in [0.25, 0.3) is 0 Å². The van der Waals surface area contributed by atoms with Crippen LogP contribution in [0.25, 0.3) is 0 Å². The molecular formula is C19H30N4O. The molecule has 0 spiro atoms. The highest BCUT2D eigenvalue weighted by molar-refractivity contribution is 5.51. The standard InChI is InChI=1S/C19H30N4O/c1-19(2,3)16-6-9-22(10-7-16)17-11-18(21-14-20-17)23-8-4-5-15(12-23)13-24/h6,11,14-15,24H,4-5,7-10,12-13H2,1-3H3. The molecule has 0 saturated carbocycles. The third-order valence-electron chi connectivity index (χ3n) is 5.24. The molecule has 0 aromatic carbocycles. The molecule has 5 heteroatoms. The molecule has 24 heavy (non-hydrogen) atoms. The van der Waals surface area contributed by atoms with Crippen molar-refractivity contribution in [3.63, 3.8) is 0 Å². The second kappa shape index (κ2) is 7.09. The monoisotopic (exact) mass is 330 g/mol. The van der Waals surface area contributed by atoms with Crippen molar-refractivity contribution in [1.29, 1.82) is 0 Å². The van der Waals surface area contributed by atoms with E-state index in [1.54, 1.807) is 6.33 Å². The summed E-state index contributed by atoms with van der Waals surface area (Å²) in [6.07, 6.45) is 7.35. The Morgan fingerprint density at radius 2 is 1.92 bits per heavy atom. The molecule has 1 aromatic heterocycles. The molecule has 1 N–H and O–H groups in total. The third kappa shape index (κ3) is 3.89. The quantitative estimate of drug-likeness (QED) is 0.864. The van der Waals surface area contributed by atoms with Crippen molar-refractivity contribution in [3.05, 3.63) is 24.0 Å². The van der Waals surface area contributed by atoms with Crippen molar-refractivity contribution in [1.82, 2.24) is 9.97 Å². The van der Waals surface area contributed by atoms with Gasteiger partial charge in [0.1, 0.15) is 18.0 Å². The number of rotatable bonds is 3. The van der Waals surface area contributed by atoms with E-state index in [1.165, 1.54) is 5.57 Å². The first-order chi connectivity index (χ1) is 11.5. The minimum absolute atomic E-state index is 0.260.